The Morgan fingerprint density at radius 2 is 1.82 bits per heavy atom. The van der Waals surface area contributed by atoms with E-state index in [2.05, 4.69) is 4.72 Å². The van der Waals surface area contributed by atoms with Gasteiger partial charge in [0, 0.05) is 36.2 Å². The molecule has 1 fully saturated rings. The smallest absolute Gasteiger partial charge is 0.279 e. The number of carbonyl (C=O) groups excluding carboxylic acids is 1. The highest BCUT2D eigenvalue weighted by atomic mass is 127. The summed E-state index contributed by atoms with van der Waals surface area (Å²) in [7, 11) is -0.638. The maximum Gasteiger partial charge on any atom is 0.279 e. The van der Waals surface area contributed by atoms with Gasteiger partial charge in [-0.25, -0.2) is 8.78 Å². The van der Waals surface area contributed by atoms with Gasteiger partial charge in [-0.2, -0.15) is 17.4 Å². The van der Waals surface area contributed by atoms with Crippen LogP contribution >= 0.6 is 22.6 Å². The quantitative estimate of drug-likeness (QED) is 0.459. The van der Waals surface area contributed by atoms with Crippen LogP contribution in [-0.2, 0) is 16.6 Å². The standard InChI is InChI=1S/C22H26F2IN3O4S/c1-28(2)33(30,31)27-17-5-7-18(8-6-17)32-20-11-15(23)10-14(21(20)22(26)29)9-13-3-4-16(25)12-19(13)24/h3-4,10-12,17-18,27H,5-9H2,1-2H3,(H2,26,29). The van der Waals surface area contributed by atoms with E-state index in [9.17, 15) is 22.0 Å². The summed E-state index contributed by atoms with van der Waals surface area (Å²) >= 11 is 1.99. The normalized spacial score (nSPS) is 19.0. The molecule has 0 bridgehead atoms. The lowest BCUT2D eigenvalue weighted by Gasteiger charge is -2.30. The summed E-state index contributed by atoms with van der Waals surface area (Å²) in [4.78, 5) is 12.2. The number of carbonyl (C=O) groups is 1. The van der Waals surface area contributed by atoms with Gasteiger partial charge in [-0.3, -0.25) is 4.79 Å². The Morgan fingerprint density at radius 3 is 2.39 bits per heavy atom. The van der Waals surface area contributed by atoms with E-state index in [-0.39, 0.29) is 35.4 Å². The third kappa shape index (κ3) is 6.61. The molecule has 7 nitrogen and oxygen atoms in total. The van der Waals surface area contributed by atoms with E-state index >= 15 is 0 Å². The van der Waals surface area contributed by atoms with Crippen LogP contribution in [0.25, 0.3) is 0 Å². The molecule has 3 N–H and O–H groups in total. The molecule has 0 heterocycles. The number of benzene rings is 2. The van der Waals surface area contributed by atoms with E-state index in [1.54, 1.807) is 12.1 Å². The first-order valence-corrected chi connectivity index (χ1v) is 12.9. The van der Waals surface area contributed by atoms with Crippen molar-refractivity contribution in [3.8, 4) is 5.75 Å². The molecule has 0 spiro atoms. The molecule has 2 aromatic carbocycles. The van der Waals surface area contributed by atoms with Crippen LogP contribution in [0.4, 0.5) is 8.78 Å². The SMILES string of the molecule is CN(C)S(=O)(=O)NC1CCC(Oc2cc(F)cc(Cc3ccc(I)cc3F)c2C(N)=O)CC1. The summed E-state index contributed by atoms with van der Waals surface area (Å²) in [5.41, 5.74) is 6.16. The Hall–Kier alpha value is -1.83. The first-order valence-electron chi connectivity index (χ1n) is 10.4. The van der Waals surface area contributed by atoms with Crippen molar-refractivity contribution in [3.05, 3.63) is 62.2 Å². The highest BCUT2D eigenvalue weighted by molar-refractivity contribution is 14.1. The second-order valence-electron chi connectivity index (χ2n) is 8.21. The maximum atomic E-state index is 14.4. The number of nitrogens with two attached hydrogens (primary N) is 1. The van der Waals surface area contributed by atoms with Crippen LogP contribution in [0.2, 0.25) is 0 Å². The number of hydrogen-bond donors (Lipinski definition) is 2. The summed E-state index contributed by atoms with van der Waals surface area (Å²) < 4.78 is 63.2. The van der Waals surface area contributed by atoms with Crippen molar-refractivity contribution in [2.24, 2.45) is 5.73 Å². The molecule has 1 aliphatic rings. The Bertz CT molecular complexity index is 1140. The molecule has 0 atom stereocenters. The van der Waals surface area contributed by atoms with Crippen molar-refractivity contribution in [3.63, 3.8) is 0 Å². The van der Waals surface area contributed by atoms with Crippen LogP contribution in [0.5, 0.6) is 5.75 Å². The predicted molar refractivity (Wildman–Crippen MR) is 129 cm³/mol. The molecule has 1 saturated carbocycles. The summed E-state index contributed by atoms with van der Waals surface area (Å²) in [6.07, 6.45) is 1.72. The molecule has 1 amide bonds. The number of nitrogens with one attached hydrogen (secondary N) is 1. The molecule has 180 valence electrons. The number of hydrogen-bond acceptors (Lipinski definition) is 4. The fourth-order valence-corrected chi connectivity index (χ4v) is 5.13. The highest BCUT2D eigenvalue weighted by Crippen LogP contribution is 2.31. The zero-order chi connectivity index (χ0) is 24.3. The molecular weight excluding hydrogens is 567 g/mol. The number of rotatable bonds is 8. The van der Waals surface area contributed by atoms with Gasteiger partial charge in [0.15, 0.2) is 0 Å². The predicted octanol–water partition coefficient (Wildman–Crippen LogP) is 3.35. The summed E-state index contributed by atoms with van der Waals surface area (Å²) in [5.74, 6) is -1.86. The van der Waals surface area contributed by atoms with Gasteiger partial charge in [0.2, 0.25) is 0 Å². The monoisotopic (exact) mass is 593 g/mol. The minimum absolute atomic E-state index is 0.0146. The van der Waals surface area contributed by atoms with Crippen molar-refractivity contribution < 1.29 is 26.7 Å². The van der Waals surface area contributed by atoms with Crippen molar-refractivity contribution in [1.82, 2.24) is 9.03 Å². The van der Waals surface area contributed by atoms with Gasteiger partial charge in [-0.15, -0.1) is 0 Å². The van der Waals surface area contributed by atoms with Gasteiger partial charge in [0.1, 0.15) is 17.4 Å². The molecule has 33 heavy (non-hydrogen) atoms. The number of ether oxygens (including phenoxy) is 1. The van der Waals surface area contributed by atoms with Crippen molar-refractivity contribution in [2.45, 2.75) is 44.2 Å². The zero-order valence-electron chi connectivity index (χ0n) is 18.3. The first kappa shape index (κ1) is 25.8. The lowest BCUT2D eigenvalue weighted by Crippen LogP contribution is -2.44. The van der Waals surface area contributed by atoms with Crippen LogP contribution in [0.1, 0.15) is 47.2 Å². The van der Waals surface area contributed by atoms with Crippen LogP contribution in [0.15, 0.2) is 30.3 Å². The summed E-state index contributed by atoms with van der Waals surface area (Å²) in [6.45, 7) is 0. The molecule has 0 aromatic heterocycles. The Labute approximate surface area is 206 Å². The average Bonchev–Trinajstić information content (AvgIpc) is 2.70. The summed E-state index contributed by atoms with van der Waals surface area (Å²) in [6, 6.07) is 6.71. The lowest BCUT2D eigenvalue weighted by atomic mass is 9.93. The number of primary amides is 1. The third-order valence-electron chi connectivity index (χ3n) is 5.56. The number of amides is 1. The van der Waals surface area contributed by atoms with Gasteiger partial charge in [-0.1, -0.05) is 6.07 Å². The molecule has 2 aromatic rings. The number of nitrogens with zero attached hydrogens (tertiary/aromatic N) is 1. The minimum atomic E-state index is -3.54. The molecule has 0 aliphatic heterocycles. The molecular formula is C22H26F2IN3O4S. The van der Waals surface area contributed by atoms with E-state index < -0.39 is 27.8 Å². The molecule has 3 rings (SSSR count). The second-order valence-corrected chi connectivity index (χ2v) is 11.4. The van der Waals surface area contributed by atoms with E-state index in [0.29, 0.717) is 31.2 Å². The topological polar surface area (TPSA) is 102 Å². The third-order valence-corrected chi connectivity index (χ3v) is 7.82. The molecule has 0 unspecified atom stereocenters. The molecule has 0 radical (unpaired) electrons. The fraction of sp³-hybridized carbons (Fsp3) is 0.409. The second kappa shape index (κ2) is 10.6. The van der Waals surface area contributed by atoms with E-state index in [1.165, 1.54) is 20.2 Å². The van der Waals surface area contributed by atoms with Gasteiger partial charge < -0.3 is 10.5 Å². The Balaban J connectivity index is 1.78. The minimum Gasteiger partial charge on any atom is -0.489 e. The van der Waals surface area contributed by atoms with E-state index in [1.807, 2.05) is 22.6 Å². The van der Waals surface area contributed by atoms with Crippen LogP contribution in [0.3, 0.4) is 0 Å². The fourth-order valence-electron chi connectivity index (χ4n) is 3.81. The lowest BCUT2D eigenvalue weighted by molar-refractivity contribution is 0.0984. The van der Waals surface area contributed by atoms with Gasteiger partial charge in [-0.05, 0) is 77.6 Å². The maximum absolute atomic E-state index is 14.4. The Kier molecular flexibility index (Phi) is 8.30. The van der Waals surface area contributed by atoms with Crippen molar-refractivity contribution in [1.29, 1.82) is 0 Å². The molecule has 1 aliphatic carbocycles. The number of halogens is 3. The Morgan fingerprint density at radius 1 is 1.15 bits per heavy atom. The van der Waals surface area contributed by atoms with E-state index in [4.69, 9.17) is 10.5 Å². The summed E-state index contributed by atoms with van der Waals surface area (Å²) in [5, 5.41) is 0. The molecule has 11 heteroatoms. The van der Waals surface area contributed by atoms with Gasteiger partial charge in [0.05, 0.1) is 11.7 Å². The first-order chi connectivity index (χ1) is 15.5. The molecule has 0 saturated heterocycles. The highest BCUT2D eigenvalue weighted by Gasteiger charge is 2.28. The zero-order valence-corrected chi connectivity index (χ0v) is 21.3. The average molecular weight is 593 g/mol. The van der Waals surface area contributed by atoms with Crippen molar-refractivity contribution in [2.75, 3.05) is 14.1 Å². The van der Waals surface area contributed by atoms with Crippen LogP contribution in [0, 0.1) is 15.2 Å². The van der Waals surface area contributed by atoms with Crippen molar-refractivity contribution >= 4 is 38.7 Å². The van der Waals surface area contributed by atoms with E-state index in [0.717, 1.165) is 20.0 Å². The van der Waals surface area contributed by atoms with Gasteiger partial charge >= 0.3 is 0 Å². The van der Waals surface area contributed by atoms with Gasteiger partial charge in [0.25, 0.3) is 16.1 Å². The largest absolute Gasteiger partial charge is 0.489 e. The van der Waals surface area contributed by atoms with Crippen LogP contribution in [-0.4, -0.2) is 44.9 Å². The van der Waals surface area contributed by atoms with Crippen LogP contribution < -0.4 is 15.2 Å².